The third-order valence-electron chi connectivity index (χ3n) is 4.32. The highest BCUT2D eigenvalue weighted by molar-refractivity contribution is 7.11. The summed E-state index contributed by atoms with van der Waals surface area (Å²) in [6.45, 7) is 3.36. The van der Waals surface area contributed by atoms with Crippen LogP contribution < -0.4 is 16.6 Å². The molecule has 0 radical (unpaired) electrons. The van der Waals surface area contributed by atoms with Crippen LogP contribution >= 0.6 is 23.7 Å². The molecule has 2 aromatic heterocycles. The second kappa shape index (κ2) is 10.1. The van der Waals surface area contributed by atoms with Gasteiger partial charge in [0.05, 0.1) is 12.2 Å². The minimum atomic E-state index is -0.751. The van der Waals surface area contributed by atoms with E-state index in [0.717, 1.165) is 0 Å². The maximum absolute atomic E-state index is 12.7. The molecule has 1 amide bonds. The van der Waals surface area contributed by atoms with Crippen molar-refractivity contribution in [2.45, 2.75) is 26.4 Å². The van der Waals surface area contributed by atoms with Gasteiger partial charge in [0.1, 0.15) is 18.1 Å². The first kappa shape index (κ1) is 23.2. The molecule has 0 aliphatic heterocycles. The number of carbonyl (C=O) groups is 2. The summed E-state index contributed by atoms with van der Waals surface area (Å²) >= 11 is 1.22. The van der Waals surface area contributed by atoms with E-state index in [2.05, 4.69) is 15.3 Å². The molecular formula is C20H22ClN5O3S. The first-order valence-corrected chi connectivity index (χ1v) is 9.90. The number of Topliss-reactive ketones (excluding diaryl/α,β-unsaturated/α-hetero) is 1. The zero-order valence-electron chi connectivity index (χ0n) is 16.4. The van der Waals surface area contributed by atoms with Gasteiger partial charge in [0.15, 0.2) is 5.01 Å². The van der Waals surface area contributed by atoms with Crippen LogP contribution in [-0.2, 0) is 11.3 Å². The molecule has 0 saturated carbocycles. The fourth-order valence-electron chi connectivity index (χ4n) is 2.85. The summed E-state index contributed by atoms with van der Waals surface area (Å²) < 4.78 is 1.21. The van der Waals surface area contributed by atoms with E-state index in [-0.39, 0.29) is 36.3 Å². The van der Waals surface area contributed by atoms with E-state index >= 15 is 0 Å². The Morgan fingerprint density at radius 3 is 2.50 bits per heavy atom. The number of nitrogens with two attached hydrogens (primary N) is 1. The fourth-order valence-corrected chi connectivity index (χ4v) is 3.46. The van der Waals surface area contributed by atoms with E-state index in [1.165, 1.54) is 22.1 Å². The van der Waals surface area contributed by atoms with Crippen molar-refractivity contribution in [1.29, 1.82) is 0 Å². The molecule has 3 rings (SSSR count). The number of amides is 1. The van der Waals surface area contributed by atoms with Crippen molar-refractivity contribution in [2.75, 3.05) is 5.73 Å². The number of rotatable bonds is 7. The molecule has 0 bridgehead atoms. The number of benzene rings is 1. The summed E-state index contributed by atoms with van der Waals surface area (Å²) in [7, 11) is 0. The van der Waals surface area contributed by atoms with Gasteiger partial charge in [-0.15, -0.1) is 23.7 Å². The van der Waals surface area contributed by atoms with Crippen LogP contribution in [0.4, 0.5) is 5.69 Å². The van der Waals surface area contributed by atoms with Gasteiger partial charge in [-0.3, -0.25) is 19.0 Å². The number of nitrogens with one attached hydrogen (secondary N) is 1. The molecule has 0 aliphatic rings. The lowest BCUT2D eigenvalue weighted by Gasteiger charge is -2.21. The minimum Gasteiger partial charge on any atom is -0.393 e. The molecule has 0 spiro atoms. The Kier molecular flexibility index (Phi) is 7.85. The van der Waals surface area contributed by atoms with Crippen molar-refractivity contribution >= 4 is 41.1 Å². The van der Waals surface area contributed by atoms with Gasteiger partial charge in [-0.25, -0.2) is 9.97 Å². The van der Waals surface area contributed by atoms with Gasteiger partial charge in [0.2, 0.25) is 11.7 Å². The van der Waals surface area contributed by atoms with Crippen molar-refractivity contribution < 1.29 is 9.59 Å². The van der Waals surface area contributed by atoms with E-state index in [1.54, 1.807) is 23.7 Å². The second-order valence-electron chi connectivity index (χ2n) is 6.79. The Morgan fingerprint density at radius 2 is 1.90 bits per heavy atom. The van der Waals surface area contributed by atoms with Crippen LogP contribution in [0.15, 0.2) is 52.9 Å². The lowest BCUT2D eigenvalue weighted by atomic mass is 10.00. The third kappa shape index (κ3) is 5.11. The van der Waals surface area contributed by atoms with Crippen LogP contribution in [0.5, 0.6) is 0 Å². The van der Waals surface area contributed by atoms with E-state index in [4.69, 9.17) is 5.73 Å². The third-order valence-corrected chi connectivity index (χ3v) is 5.10. The molecule has 0 fully saturated rings. The van der Waals surface area contributed by atoms with E-state index in [9.17, 15) is 14.4 Å². The summed E-state index contributed by atoms with van der Waals surface area (Å²) in [4.78, 5) is 46.3. The number of nitrogens with zero attached hydrogens (tertiary/aromatic N) is 3. The predicted molar refractivity (Wildman–Crippen MR) is 119 cm³/mol. The zero-order valence-corrected chi connectivity index (χ0v) is 18.1. The van der Waals surface area contributed by atoms with Crippen LogP contribution in [0, 0.1) is 5.92 Å². The minimum absolute atomic E-state index is 0. The molecule has 1 atom stereocenters. The molecule has 0 saturated heterocycles. The largest absolute Gasteiger partial charge is 0.393 e. The highest BCUT2D eigenvalue weighted by atomic mass is 35.5. The second-order valence-corrected chi connectivity index (χ2v) is 7.68. The predicted octanol–water partition coefficient (Wildman–Crippen LogP) is 2.39. The normalized spacial score (nSPS) is 11.6. The SMILES string of the molecule is CC(C)C(NC(=O)Cn1c(-c2ccccc2)ncc(N)c1=O)C(=O)c1nccs1.Cl. The molecule has 0 aliphatic carbocycles. The molecule has 10 heteroatoms. The maximum Gasteiger partial charge on any atom is 0.277 e. The van der Waals surface area contributed by atoms with E-state index in [1.807, 2.05) is 32.0 Å². The molecule has 1 unspecified atom stereocenters. The molecule has 3 N–H and O–H groups in total. The van der Waals surface area contributed by atoms with E-state index < -0.39 is 17.5 Å². The van der Waals surface area contributed by atoms with Crippen molar-refractivity contribution in [3.05, 3.63) is 63.5 Å². The standard InChI is InChI=1S/C20H21N5O3S.ClH/c1-12(2)16(17(27)19-22-8-9-29-19)24-15(26)11-25-18(13-6-4-3-5-7-13)23-10-14(21)20(25)28;/h3-10,12,16H,11,21H2,1-2H3,(H,24,26);1H. The number of carbonyl (C=O) groups excluding carboxylic acids is 2. The van der Waals surface area contributed by atoms with Crippen LogP contribution in [0.2, 0.25) is 0 Å². The number of aromatic nitrogens is 3. The Morgan fingerprint density at radius 1 is 1.20 bits per heavy atom. The van der Waals surface area contributed by atoms with Crippen molar-refractivity contribution in [1.82, 2.24) is 19.9 Å². The zero-order chi connectivity index (χ0) is 21.0. The summed E-state index contributed by atoms with van der Waals surface area (Å²) in [5.74, 6) is -0.572. The first-order chi connectivity index (χ1) is 13.9. The van der Waals surface area contributed by atoms with Crippen LogP contribution in [0.1, 0.15) is 23.6 Å². The summed E-state index contributed by atoms with van der Waals surface area (Å²) in [5.41, 5.74) is 5.82. The number of halogens is 1. The number of hydrogen-bond donors (Lipinski definition) is 2. The molecule has 30 heavy (non-hydrogen) atoms. The monoisotopic (exact) mass is 447 g/mol. The number of thiazole rings is 1. The Bertz CT molecular complexity index is 1070. The molecule has 3 aromatic rings. The smallest absolute Gasteiger partial charge is 0.277 e. The van der Waals surface area contributed by atoms with Gasteiger partial charge in [0, 0.05) is 17.1 Å². The van der Waals surface area contributed by atoms with Crippen LogP contribution in [-0.4, -0.2) is 32.3 Å². The van der Waals surface area contributed by atoms with Crippen molar-refractivity contribution in [3.63, 3.8) is 0 Å². The molecule has 8 nitrogen and oxygen atoms in total. The maximum atomic E-state index is 12.7. The fraction of sp³-hybridized carbons (Fsp3) is 0.250. The first-order valence-electron chi connectivity index (χ1n) is 9.02. The number of ketones is 1. The van der Waals surface area contributed by atoms with Crippen molar-refractivity contribution in [3.8, 4) is 11.4 Å². The highest BCUT2D eigenvalue weighted by Gasteiger charge is 2.27. The topological polar surface area (TPSA) is 120 Å². The Balaban J connectivity index is 0.00000320. The summed E-state index contributed by atoms with van der Waals surface area (Å²) in [5, 5.41) is 4.76. The van der Waals surface area contributed by atoms with Crippen LogP contribution in [0.3, 0.4) is 0 Å². The number of nitrogen functional groups attached to an aromatic ring is 1. The Labute approximate surface area is 183 Å². The highest BCUT2D eigenvalue weighted by Crippen LogP contribution is 2.16. The summed E-state index contributed by atoms with van der Waals surface area (Å²) in [6.07, 6.45) is 2.82. The average Bonchev–Trinajstić information content (AvgIpc) is 3.24. The Hall–Kier alpha value is -3.04. The van der Waals surface area contributed by atoms with Crippen molar-refractivity contribution in [2.24, 2.45) is 5.92 Å². The van der Waals surface area contributed by atoms with Gasteiger partial charge in [0.25, 0.3) is 5.56 Å². The quantitative estimate of drug-likeness (QED) is 0.536. The number of anilines is 1. The van der Waals surface area contributed by atoms with Gasteiger partial charge in [-0.2, -0.15) is 0 Å². The van der Waals surface area contributed by atoms with Crippen LogP contribution in [0.25, 0.3) is 11.4 Å². The lowest BCUT2D eigenvalue weighted by molar-refractivity contribution is -0.122. The van der Waals surface area contributed by atoms with Gasteiger partial charge >= 0.3 is 0 Å². The number of hydrogen-bond acceptors (Lipinski definition) is 7. The average molecular weight is 448 g/mol. The van der Waals surface area contributed by atoms with Gasteiger partial charge < -0.3 is 11.1 Å². The molecule has 2 heterocycles. The lowest BCUT2D eigenvalue weighted by Crippen LogP contribution is -2.46. The van der Waals surface area contributed by atoms with Gasteiger partial charge in [-0.05, 0) is 5.92 Å². The van der Waals surface area contributed by atoms with Gasteiger partial charge in [-0.1, -0.05) is 44.2 Å². The molecule has 158 valence electrons. The van der Waals surface area contributed by atoms with E-state index in [0.29, 0.717) is 16.4 Å². The molecular weight excluding hydrogens is 426 g/mol. The molecule has 1 aromatic carbocycles. The summed E-state index contributed by atoms with van der Waals surface area (Å²) in [6, 6.07) is 8.28.